The van der Waals surface area contributed by atoms with Crippen molar-refractivity contribution in [3.63, 3.8) is 0 Å². The van der Waals surface area contributed by atoms with Crippen LogP contribution in [0.5, 0.6) is 0 Å². The zero-order valence-corrected chi connectivity index (χ0v) is 14.2. The van der Waals surface area contributed by atoms with E-state index in [-0.39, 0.29) is 5.92 Å². The molecule has 0 fully saturated rings. The Balaban J connectivity index is 1.80. The number of carboxylic acid groups (broad SMARTS) is 1. The first-order valence-electron chi connectivity index (χ1n) is 9.04. The van der Waals surface area contributed by atoms with Crippen LogP contribution in [0.2, 0.25) is 0 Å². The summed E-state index contributed by atoms with van der Waals surface area (Å²) in [4.78, 5) is 11.1. The third-order valence-electron chi connectivity index (χ3n) is 4.67. The van der Waals surface area contributed by atoms with Crippen LogP contribution in [0, 0.1) is 17.8 Å². The summed E-state index contributed by atoms with van der Waals surface area (Å²) in [5, 5.41) is 9.13. The quantitative estimate of drug-likeness (QED) is 0.569. The van der Waals surface area contributed by atoms with Crippen LogP contribution >= 0.6 is 0 Å². The molecule has 1 aliphatic rings. The summed E-state index contributed by atoms with van der Waals surface area (Å²) in [7, 11) is 0. The zero-order chi connectivity index (χ0) is 16.5. The van der Waals surface area contributed by atoms with Crippen LogP contribution in [-0.2, 0) is 17.6 Å². The molecule has 0 saturated carbocycles. The Hall–Kier alpha value is -1.75. The molecule has 124 valence electrons. The predicted octanol–water partition coefficient (Wildman–Crippen LogP) is 4.98. The summed E-state index contributed by atoms with van der Waals surface area (Å²) < 4.78 is 0. The first-order valence-corrected chi connectivity index (χ1v) is 9.04. The second-order valence-corrected chi connectivity index (χ2v) is 6.58. The highest BCUT2D eigenvalue weighted by molar-refractivity contribution is 5.71. The molecule has 0 saturated heterocycles. The second-order valence-electron chi connectivity index (χ2n) is 6.58. The van der Waals surface area contributed by atoms with Crippen molar-refractivity contribution in [1.82, 2.24) is 0 Å². The van der Waals surface area contributed by atoms with Gasteiger partial charge in [0.2, 0.25) is 0 Å². The lowest BCUT2D eigenvalue weighted by atomic mass is 9.83. The minimum absolute atomic E-state index is 0.216. The summed E-state index contributed by atoms with van der Waals surface area (Å²) in [6.45, 7) is 2.24. The molecule has 0 aliphatic heterocycles. The maximum absolute atomic E-state index is 11.1. The molecule has 0 spiro atoms. The third kappa shape index (κ3) is 5.75. The number of benzene rings is 1. The van der Waals surface area contributed by atoms with E-state index in [9.17, 15) is 4.79 Å². The molecule has 0 bridgehead atoms. The molecule has 0 radical (unpaired) electrons. The molecular formula is C21H28O2. The Kier molecular flexibility index (Phi) is 7.20. The minimum Gasteiger partial charge on any atom is -0.481 e. The van der Waals surface area contributed by atoms with Crippen molar-refractivity contribution < 1.29 is 9.90 Å². The minimum atomic E-state index is -0.668. The summed E-state index contributed by atoms with van der Waals surface area (Å²) in [5.41, 5.74) is 3.54. The predicted molar refractivity (Wildman–Crippen MR) is 94.5 cm³/mol. The fourth-order valence-electron chi connectivity index (χ4n) is 3.20. The monoisotopic (exact) mass is 312 g/mol. The van der Waals surface area contributed by atoms with Gasteiger partial charge in [0.15, 0.2) is 0 Å². The van der Waals surface area contributed by atoms with Crippen LogP contribution in [0.25, 0.3) is 0 Å². The highest BCUT2D eigenvalue weighted by Crippen LogP contribution is 2.26. The van der Waals surface area contributed by atoms with E-state index in [0.29, 0.717) is 6.42 Å². The average Bonchev–Trinajstić information content (AvgIpc) is 2.56. The lowest BCUT2D eigenvalue weighted by molar-refractivity contribution is -0.142. The molecular weight excluding hydrogens is 284 g/mol. The Morgan fingerprint density at radius 3 is 2.74 bits per heavy atom. The van der Waals surface area contributed by atoms with E-state index in [2.05, 4.69) is 30.9 Å². The van der Waals surface area contributed by atoms with Crippen molar-refractivity contribution in [1.29, 1.82) is 0 Å². The van der Waals surface area contributed by atoms with Crippen LogP contribution in [0.3, 0.4) is 0 Å². The van der Waals surface area contributed by atoms with Gasteiger partial charge in [-0.3, -0.25) is 4.79 Å². The fraction of sp³-hybridized carbons (Fsp3) is 0.571. The van der Waals surface area contributed by atoms with E-state index in [4.69, 9.17) is 5.11 Å². The van der Waals surface area contributed by atoms with E-state index in [1.807, 2.05) is 6.07 Å². The molecule has 1 atom stereocenters. The van der Waals surface area contributed by atoms with Crippen molar-refractivity contribution >= 4 is 5.97 Å². The first-order chi connectivity index (χ1) is 11.2. The van der Waals surface area contributed by atoms with Gasteiger partial charge in [-0.15, -0.1) is 0 Å². The first kappa shape index (κ1) is 17.6. The molecule has 1 unspecified atom stereocenters. The van der Waals surface area contributed by atoms with E-state index in [0.717, 1.165) is 24.8 Å². The molecule has 1 aromatic rings. The Labute approximate surface area is 140 Å². The standard InChI is InChI=1S/C21H28O2/c1-2-3-4-5-6-7-8-9-10-17-11-12-19-16-20(21(22)23)14-13-18(19)15-17/h11-12,15,20H,2-8,13-14,16H2,1H3,(H,22,23). The van der Waals surface area contributed by atoms with Gasteiger partial charge < -0.3 is 5.11 Å². The number of aryl methyl sites for hydroxylation is 1. The molecule has 2 rings (SSSR count). The van der Waals surface area contributed by atoms with E-state index >= 15 is 0 Å². The van der Waals surface area contributed by atoms with Crippen molar-refractivity contribution in [3.05, 3.63) is 34.9 Å². The Morgan fingerprint density at radius 2 is 1.96 bits per heavy atom. The van der Waals surface area contributed by atoms with Crippen molar-refractivity contribution in [3.8, 4) is 11.8 Å². The molecule has 1 N–H and O–H groups in total. The van der Waals surface area contributed by atoms with Gasteiger partial charge in [-0.1, -0.05) is 56.9 Å². The van der Waals surface area contributed by atoms with Crippen LogP contribution in [0.15, 0.2) is 18.2 Å². The van der Waals surface area contributed by atoms with Gasteiger partial charge in [-0.05, 0) is 48.9 Å². The number of carbonyl (C=O) groups is 1. The van der Waals surface area contributed by atoms with Crippen LogP contribution in [-0.4, -0.2) is 11.1 Å². The second kappa shape index (κ2) is 9.40. The van der Waals surface area contributed by atoms with Crippen molar-refractivity contribution in [2.24, 2.45) is 5.92 Å². The van der Waals surface area contributed by atoms with E-state index in [1.165, 1.54) is 49.7 Å². The smallest absolute Gasteiger partial charge is 0.306 e. The zero-order valence-electron chi connectivity index (χ0n) is 14.2. The van der Waals surface area contributed by atoms with Crippen LogP contribution in [0.1, 0.15) is 75.0 Å². The van der Waals surface area contributed by atoms with Gasteiger partial charge >= 0.3 is 5.97 Å². The number of hydrogen-bond acceptors (Lipinski definition) is 1. The number of carboxylic acids is 1. The number of hydrogen-bond donors (Lipinski definition) is 1. The molecule has 0 aromatic heterocycles. The number of unbranched alkanes of at least 4 members (excludes halogenated alkanes) is 6. The molecule has 0 amide bonds. The summed E-state index contributed by atoms with van der Waals surface area (Å²) in [6, 6.07) is 6.26. The lowest BCUT2D eigenvalue weighted by Gasteiger charge is -2.21. The van der Waals surface area contributed by atoms with Crippen molar-refractivity contribution in [2.75, 3.05) is 0 Å². The maximum Gasteiger partial charge on any atom is 0.306 e. The topological polar surface area (TPSA) is 37.3 Å². The Morgan fingerprint density at radius 1 is 1.17 bits per heavy atom. The van der Waals surface area contributed by atoms with Gasteiger partial charge in [0.05, 0.1) is 5.92 Å². The highest BCUT2D eigenvalue weighted by atomic mass is 16.4. The SMILES string of the molecule is CCCCCCCCC#Cc1ccc2c(c1)CCC(C(=O)O)C2. The highest BCUT2D eigenvalue weighted by Gasteiger charge is 2.23. The van der Waals surface area contributed by atoms with Crippen LogP contribution in [0.4, 0.5) is 0 Å². The van der Waals surface area contributed by atoms with Crippen LogP contribution < -0.4 is 0 Å². The molecule has 2 nitrogen and oxygen atoms in total. The van der Waals surface area contributed by atoms with Gasteiger partial charge in [-0.25, -0.2) is 0 Å². The molecule has 1 aromatic carbocycles. The third-order valence-corrected chi connectivity index (χ3v) is 4.67. The van der Waals surface area contributed by atoms with Gasteiger partial charge in [-0.2, -0.15) is 0 Å². The summed E-state index contributed by atoms with van der Waals surface area (Å²) >= 11 is 0. The normalized spacial score (nSPS) is 16.3. The Bertz CT molecular complexity index is 577. The number of aliphatic carboxylic acids is 1. The summed E-state index contributed by atoms with van der Waals surface area (Å²) in [5.74, 6) is 5.66. The number of fused-ring (bicyclic) bond motifs is 1. The molecule has 0 heterocycles. The molecule has 1 aliphatic carbocycles. The van der Waals surface area contributed by atoms with Gasteiger partial charge in [0.25, 0.3) is 0 Å². The fourth-order valence-corrected chi connectivity index (χ4v) is 3.20. The molecule has 23 heavy (non-hydrogen) atoms. The largest absolute Gasteiger partial charge is 0.481 e. The van der Waals surface area contributed by atoms with E-state index < -0.39 is 5.97 Å². The van der Waals surface area contributed by atoms with Gasteiger partial charge in [0.1, 0.15) is 0 Å². The van der Waals surface area contributed by atoms with Crippen molar-refractivity contribution in [2.45, 2.75) is 71.1 Å². The maximum atomic E-state index is 11.1. The number of rotatable bonds is 7. The molecule has 2 heteroatoms. The summed E-state index contributed by atoms with van der Waals surface area (Å²) in [6.07, 6.45) is 11.1. The van der Waals surface area contributed by atoms with Gasteiger partial charge in [0, 0.05) is 12.0 Å². The average molecular weight is 312 g/mol. The van der Waals surface area contributed by atoms with E-state index in [1.54, 1.807) is 0 Å². The lowest BCUT2D eigenvalue weighted by Crippen LogP contribution is -2.22.